The monoisotopic (exact) mass is 388 g/mol. The Morgan fingerprint density at radius 1 is 1.39 bits per heavy atom. The molecule has 8 heteroatoms. The molecule has 0 saturated carbocycles. The number of carboxylic acid groups (broad SMARTS) is 1. The highest BCUT2D eigenvalue weighted by Crippen LogP contribution is 2.34. The molecule has 0 aromatic heterocycles. The molecule has 150 valence electrons. The molecule has 2 aliphatic rings. The third-order valence-electron chi connectivity index (χ3n) is 5.20. The van der Waals surface area contributed by atoms with Crippen molar-refractivity contribution in [3.05, 3.63) is 28.8 Å². The van der Waals surface area contributed by atoms with Gasteiger partial charge in [0.05, 0.1) is 36.8 Å². The van der Waals surface area contributed by atoms with Crippen molar-refractivity contribution in [3.63, 3.8) is 0 Å². The van der Waals surface area contributed by atoms with Gasteiger partial charge in [0.2, 0.25) is 0 Å². The average molecular weight is 388 g/mol. The first kappa shape index (κ1) is 20.0. The van der Waals surface area contributed by atoms with Crippen LogP contribution < -0.4 is 4.74 Å². The van der Waals surface area contributed by atoms with Gasteiger partial charge in [0.1, 0.15) is 18.1 Å². The number of amides is 1. The van der Waals surface area contributed by atoms with Gasteiger partial charge in [-0.05, 0) is 56.9 Å². The summed E-state index contributed by atoms with van der Waals surface area (Å²) in [4.78, 5) is 24.8. The van der Waals surface area contributed by atoms with Crippen LogP contribution in [-0.4, -0.2) is 53.7 Å². The number of hydrogen-bond donors (Lipinski definition) is 1. The zero-order valence-corrected chi connectivity index (χ0v) is 16.2. The lowest BCUT2D eigenvalue weighted by Gasteiger charge is -2.30. The van der Waals surface area contributed by atoms with Crippen molar-refractivity contribution >= 4 is 12.1 Å². The van der Waals surface area contributed by atoms with Crippen LogP contribution in [0.1, 0.15) is 37.5 Å². The van der Waals surface area contributed by atoms with E-state index in [1.807, 2.05) is 6.07 Å². The van der Waals surface area contributed by atoms with Crippen LogP contribution in [0.15, 0.2) is 12.1 Å². The minimum atomic E-state index is -1.07. The maximum absolute atomic E-state index is 12.0. The predicted octanol–water partition coefficient (Wildman–Crippen LogP) is 2.33. The number of rotatable bonds is 5. The normalized spacial score (nSPS) is 22.4. The molecule has 28 heavy (non-hydrogen) atoms. The number of benzene rings is 1. The van der Waals surface area contributed by atoms with Gasteiger partial charge in [-0.15, -0.1) is 0 Å². The van der Waals surface area contributed by atoms with Crippen LogP contribution in [0.25, 0.3) is 0 Å². The van der Waals surface area contributed by atoms with Crippen LogP contribution in [-0.2, 0) is 27.1 Å². The molecular formula is C20H24N2O6. The molecular weight excluding hydrogens is 364 g/mol. The Kier molecular flexibility index (Phi) is 5.47. The SMILES string of the molecule is CCOC(=O)C1Cc2cc(OC[C@@H]3COC(C)(C)N3C(=O)O)cc(C#N)c2C1. The first-order valence-electron chi connectivity index (χ1n) is 9.28. The van der Waals surface area contributed by atoms with E-state index < -0.39 is 17.9 Å². The summed E-state index contributed by atoms with van der Waals surface area (Å²) in [5.41, 5.74) is 1.30. The number of hydrogen-bond acceptors (Lipinski definition) is 6. The van der Waals surface area contributed by atoms with Crippen LogP contribution in [0.2, 0.25) is 0 Å². The Labute approximate surface area is 163 Å². The van der Waals surface area contributed by atoms with Gasteiger partial charge in [-0.2, -0.15) is 5.26 Å². The number of carbonyl (C=O) groups excluding carboxylic acids is 1. The number of esters is 1. The molecule has 0 bridgehead atoms. The number of ether oxygens (including phenoxy) is 3. The van der Waals surface area contributed by atoms with E-state index in [2.05, 4.69) is 6.07 Å². The van der Waals surface area contributed by atoms with Gasteiger partial charge >= 0.3 is 12.1 Å². The number of carbonyl (C=O) groups is 2. The van der Waals surface area contributed by atoms with Gasteiger partial charge in [-0.25, -0.2) is 4.79 Å². The summed E-state index contributed by atoms with van der Waals surface area (Å²) in [5.74, 6) is -0.0637. The molecule has 1 saturated heterocycles. The molecule has 1 aliphatic heterocycles. The van der Waals surface area contributed by atoms with Crippen molar-refractivity contribution in [3.8, 4) is 11.8 Å². The first-order valence-corrected chi connectivity index (χ1v) is 9.28. The molecule has 1 aromatic rings. The topological polar surface area (TPSA) is 109 Å². The second-order valence-corrected chi connectivity index (χ2v) is 7.45. The van der Waals surface area contributed by atoms with Crippen molar-refractivity contribution in [2.75, 3.05) is 19.8 Å². The van der Waals surface area contributed by atoms with Gasteiger partial charge in [0, 0.05) is 0 Å². The van der Waals surface area contributed by atoms with Crippen molar-refractivity contribution < 1.29 is 28.9 Å². The largest absolute Gasteiger partial charge is 0.491 e. The molecule has 1 amide bonds. The molecule has 2 atom stereocenters. The van der Waals surface area contributed by atoms with Crippen LogP contribution in [0.5, 0.6) is 5.75 Å². The number of nitriles is 1. The minimum absolute atomic E-state index is 0.112. The quantitative estimate of drug-likeness (QED) is 0.771. The highest BCUT2D eigenvalue weighted by molar-refractivity contribution is 5.75. The molecule has 1 fully saturated rings. The second-order valence-electron chi connectivity index (χ2n) is 7.45. The standard InChI is InChI=1S/C20H24N2O6/c1-4-26-18(23)13-5-12-6-16(7-14(9-21)17(12)8-13)27-10-15-11-28-20(2,3)22(15)19(24)25/h6-7,13,15H,4-5,8,10-11H2,1-3H3,(H,24,25)/t13?,15-/m1/s1. The molecule has 1 aliphatic carbocycles. The molecule has 3 rings (SSSR count). The minimum Gasteiger partial charge on any atom is -0.491 e. The summed E-state index contributed by atoms with van der Waals surface area (Å²) in [6.07, 6.45) is -0.0876. The van der Waals surface area contributed by atoms with E-state index in [9.17, 15) is 20.0 Å². The second kappa shape index (κ2) is 7.68. The Morgan fingerprint density at radius 2 is 2.14 bits per heavy atom. The maximum atomic E-state index is 12.0. The van der Waals surface area contributed by atoms with E-state index in [4.69, 9.17) is 14.2 Å². The molecule has 1 unspecified atom stereocenters. The van der Waals surface area contributed by atoms with Crippen molar-refractivity contribution in [2.24, 2.45) is 5.92 Å². The fraction of sp³-hybridized carbons (Fsp3) is 0.550. The molecule has 8 nitrogen and oxygen atoms in total. The number of nitrogens with zero attached hydrogens (tertiary/aromatic N) is 2. The number of fused-ring (bicyclic) bond motifs is 1. The zero-order valence-electron chi connectivity index (χ0n) is 16.2. The third kappa shape index (κ3) is 3.76. The molecule has 0 spiro atoms. The van der Waals surface area contributed by atoms with E-state index >= 15 is 0 Å². The highest BCUT2D eigenvalue weighted by Gasteiger charge is 2.44. The first-order chi connectivity index (χ1) is 13.3. The fourth-order valence-corrected chi connectivity index (χ4v) is 3.91. The van der Waals surface area contributed by atoms with Crippen molar-refractivity contribution in [2.45, 2.75) is 45.4 Å². The van der Waals surface area contributed by atoms with Gasteiger partial charge in [0.15, 0.2) is 0 Å². The summed E-state index contributed by atoms with van der Waals surface area (Å²) in [5, 5.41) is 18.9. The van der Waals surface area contributed by atoms with Crippen molar-refractivity contribution in [1.82, 2.24) is 4.90 Å². The Hall–Kier alpha value is -2.79. The van der Waals surface area contributed by atoms with Crippen LogP contribution in [0.3, 0.4) is 0 Å². The van der Waals surface area contributed by atoms with Gasteiger partial charge in [0.25, 0.3) is 0 Å². The van der Waals surface area contributed by atoms with E-state index in [1.54, 1.807) is 26.8 Å². The van der Waals surface area contributed by atoms with Gasteiger partial charge in [-0.3, -0.25) is 9.69 Å². The Balaban J connectivity index is 1.74. The highest BCUT2D eigenvalue weighted by atomic mass is 16.5. The lowest BCUT2D eigenvalue weighted by atomic mass is 10.0. The lowest BCUT2D eigenvalue weighted by molar-refractivity contribution is -0.147. The molecule has 1 aromatic carbocycles. The summed E-state index contributed by atoms with van der Waals surface area (Å²) in [7, 11) is 0. The van der Waals surface area contributed by atoms with Gasteiger partial charge < -0.3 is 19.3 Å². The predicted molar refractivity (Wildman–Crippen MR) is 97.9 cm³/mol. The van der Waals surface area contributed by atoms with E-state index in [0.29, 0.717) is 30.8 Å². The Bertz CT molecular complexity index is 829. The molecule has 1 heterocycles. The van der Waals surface area contributed by atoms with Gasteiger partial charge in [-0.1, -0.05) is 0 Å². The van der Waals surface area contributed by atoms with Crippen molar-refractivity contribution in [1.29, 1.82) is 5.26 Å². The summed E-state index contributed by atoms with van der Waals surface area (Å²) >= 11 is 0. The lowest BCUT2D eigenvalue weighted by Crippen LogP contribution is -2.49. The average Bonchev–Trinajstić information content (AvgIpc) is 3.19. The van der Waals surface area contributed by atoms with Crippen LogP contribution in [0, 0.1) is 17.2 Å². The van der Waals surface area contributed by atoms with Crippen LogP contribution in [0.4, 0.5) is 4.79 Å². The summed E-state index contributed by atoms with van der Waals surface area (Å²) in [6, 6.07) is 5.18. The molecule has 0 radical (unpaired) electrons. The van der Waals surface area contributed by atoms with E-state index in [1.165, 1.54) is 4.90 Å². The Morgan fingerprint density at radius 3 is 2.79 bits per heavy atom. The summed E-state index contributed by atoms with van der Waals surface area (Å²) in [6.45, 7) is 5.83. The van der Waals surface area contributed by atoms with Crippen LogP contribution >= 0.6 is 0 Å². The smallest absolute Gasteiger partial charge is 0.410 e. The fourth-order valence-electron chi connectivity index (χ4n) is 3.91. The zero-order chi connectivity index (χ0) is 20.5. The summed E-state index contributed by atoms with van der Waals surface area (Å²) < 4.78 is 16.5. The maximum Gasteiger partial charge on any atom is 0.410 e. The van der Waals surface area contributed by atoms with E-state index in [0.717, 1.165) is 11.1 Å². The van der Waals surface area contributed by atoms with E-state index in [-0.39, 0.29) is 25.1 Å². The molecule has 1 N–H and O–H groups in total. The third-order valence-corrected chi connectivity index (χ3v) is 5.20.